The van der Waals surface area contributed by atoms with Crippen LogP contribution in [0.2, 0.25) is 0 Å². The summed E-state index contributed by atoms with van der Waals surface area (Å²) in [6, 6.07) is 0. The predicted molar refractivity (Wildman–Crippen MR) is 28.0 cm³/mol. The normalized spacial score (nSPS) is 4.00. The predicted octanol–water partition coefficient (Wildman–Crippen LogP) is -3.45. The molecule has 0 aliphatic heterocycles. The summed E-state index contributed by atoms with van der Waals surface area (Å²) in [5, 5.41) is 0. The molecule has 0 atom stereocenters. The standard InChI is InChI=1S/Al.Li.H2O3Si.4H/c;;1-4(2)3;;;;/h;;1-2H;;;;. The van der Waals surface area contributed by atoms with E-state index in [4.69, 9.17) is 14.1 Å². The molecule has 3 nitrogen and oxygen atoms in total. The van der Waals surface area contributed by atoms with Gasteiger partial charge in [0.05, 0.1) is 0 Å². The van der Waals surface area contributed by atoms with Crippen molar-refractivity contribution >= 4 is 45.4 Å². The molecule has 0 radical (unpaired) electrons. The maximum absolute atomic E-state index is 8.74. The molecule has 0 aliphatic rings. The summed E-state index contributed by atoms with van der Waals surface area (Å²) in [5.41, 5.74) is 0. The first kappa shape index (κ1) is 15.9. The molecular weight excluding hydrogens is 110 g/mol. The van der Waals surface area contributed by atoms with Crippen molar-refractivity contribution in [3.05, 3.63) is 0 Å². The fourth-order valence-electron chi connectivity index (χ4n) is 0. The van der Waals surface area contributed by atoms with Gasteiger partial charge in [-0.1, -0.05) is 0 Å². The maximum atomic E-state index is 8.74. The molecule has 2 N–H and O–H groups in total. The van der Waals surface area contributed by atoms with Gasteiger partial charge in [0.1, 0.15) is 0 Å². The SMILES string of the molecule is O=[Si](O)O.[AlH3].[LiH]. The van der Waals surface area contributed by atoms with Crippen LogP contribution in [0, 0.1) is 0 Å². The van der Waals surface area contributed by atoms with E-state index in [1.807, 2.05) is 0 Å². The topological polar surface area (TPSA) is 57.5 Å². The van der Waals surface area contributed by atoms with E-state index in [0.29, 0.717) is 0 Å². The van der Waals surface area contributed by atoms with Crippen LogP contribution in [0.3, 0.4) is 0 Å². The quantitative estimate of drug-likeness (QED) is 0.324. The Morgan fingerprint density at radius 1 is 1.33 bits per heavy atom. The van der Waals surface area contributed by atoms with E-state index in [2.05, 4.69) is 0 Å². The molecule has 0 aromatic rings. The van der Waals surface area contributed by atoms with Gasteiger partial charge < -0.3 is 9.59 Å². The summed E-state index contributed by atoms with van der Waals surface area (Å²) in [5.74, 6) is 0. The van der Waals surface area contributed by atoms with E-state index in [9.17, 15) is 0 Å². The Balaban J connectivity index is -0.0000000450. The Bertz CT molecular complexity index is 33.8. The zero-order chi connectivity index (χ0) is 3.58. The molecule has 0 saturated carbocycles. The minimum atomic E-state index is -3.13. The van der Waals surface area contributed by atoms with Crippen LogP contribution in [-0.2, 0) is 4.46 Å². The van der Waals surface area contributed by atoms with Crippen LogP contribution < -0.4 is 0 Å². The van der Waals surface area contributed by atoms with Gasteiger partial charge in [-0.25, -0.2) is 0 Å². The summed E-state index contributed by atoms with van der Waals surface area (Å²) in [7, 11) is -3.13. The van der Waals surface area contributed by atoms with Crippen molar-refractivity contribution in [3.8, 4) is 0 Å². The van der Waals surface area contributed by atoms with Gasteiger partial charge >= 0.3 is 28.0 Å². The molecule has 0 spiro atoms. The van der Waals surface area contributed by atoms with Crippen LogP contribution in [0.15, 0.2) is 0 Å². The number of hydrogen-bond donors (Lipinski definition) is 2. The monoisotopic (exact) mass is 116 g/mol. The van der Waals surface area contributed by atoms with E-state index < -0.39 is 9.17 Å². The second kappa shape index (κ2) is 9.22. The summed E-state index contributed by atoms with van der Waals surface area (Å²) in [6.07, 6.45) is 0. The second-order valence-electron chi connectivity index (χ2n) is 0.283. The van der Waals surface area contributed by atoms with Crippen LogP contribution in [0.4, 0.5) is 0 Å². The van der Waals surface area contributed by atoms with Crippen molar-refractivity contribution in [2.24, 2.45) is 0 Å². The van der Waals surface area contributed by atoms with Gasteiger partial charge in [-0.15, -0.1) is 0 Å². The van der Waals surface area contributed by atoms with Gasteiger partial charge in [-0.05, 0) is 0 Å². The fraction of sp³-hybridized carbons (Fsp3) is 0. The molecule has 0 saturated heterocycles. The summed E-state index contributed by atoms with van der Waals surface area (Å²) in [4.78, 5) is 14.3. The van der Waals surface area contributed by atoms with Crippen LogP contribution in [0.5, 0.6) is 0 Å². The summed E-state index contributed by atoms with van der Waals surface area (Å²) < 4.78 is 8.74. The van der Waals surface area contributed by atoms with E-state index >= 15 is 0 Å². The molecule has 0 unspecified atom stereocenters. The molecule has 0 amide bonds. The Morgan fingerprint density at radius 2 is 1.33 bits per heavy atom. The molecule has 0 aliphatic carbocycles. The molecule has 6 heavy (non-hydrogen) atoms. The minimum absolute atomic E-state index is 0. The Hall–Kier alpha value is 0.747. The molecule has 0 bridgehead atoms. The van der Waals surface area contributed by atoms with E-state index in [1.165, 1.54) is 0 Å². The number of rotatable bonds is 0. The van der Waals surface area contributed by atoms with Crippen LogP contribution in [0.25, 0.3) is 0 Å². The molecular formula is H6AlLiO3Si. The van der Waals surface area contributed by atoms with Crippen molar-refractivity contribution in [3.63, 3.8) is 0 Å². The van der Waals surface area contributed by atoms with Crippen molar-refractivity contribution in [2.45, 2.75) is 0 Å². The van der Waals surface area contributed by atoms with Gasteiger partial charge in [0.15, 0.2) is 17.4 Å². The number of hydrogen-bond acceptors (Lipinski definition) is 1. The third-order valence-corrected chi connectivity index (χ3v) is 0. The van der Waals surface area contributed by atoms with Crippen molar-refractivity contribution < 1.29 is 14.1 Å². The third-order valence-electron chi connectivity index (χ3n) is 0. The molecule has 0 aromatic carbocycles. The average molecular weight is 116 g/mol. The van der Waals surface area contributed by atoms with E-state index in [-0.39, 0.29) is 36.2 Å². The Kier molecular flexibility index (Phi) is 24.4. The van der Waals surface area contributed by atoms with E-state index in [1.54, 1.807) is 0 Å². The van der Waals surface area contributed by atoms with Gasteiger partial charge in [-0.3, -0.25) is 4.46 Å². The van der Waals surface area contributed by atoms with Gasteiger partial charge in [-0.2, -0.15) is 0 Å². The summed E-state index contributed by atoms with van der Waals surface area (Å²) in [6.45, 7) is 0. The zero-order valence-electron chi connectivity index (χ0n) is 1.80. The zero-order valence-corrected chi connectivity index (χ0v) is 2.80. The summed E-state index contributed by atoms with van der Waals surface area (Å²) >= 11 is 0. The Labute approximate surface area is 59.6 Å². The first-order valence-corrected chi connectivity index (χ1v) is 1.95. The molecule has 0 rings (SSSR count). The van der Waals surface area contributed by atoms with Crippen molar-refractivity contribution in [1.29, 1.82) is 0 Å². The first-order valence-electron chi connectivity index (χ1n) is 0.651. The van der Waals surface area contributed by atoms with Crippen LogP contribution in [-0.4, -0.2) is 55.0 Å². The van der Waals surface area contributed by atoms with E-state index in [0.717, 1.165) is 0 Å². The molecule has 0 heterocycles. The molecule has 32 valence electrons. The fourth-order valence-corrected chi connectivity index (χ4v) is 0. The van der Waals surface area contributed by atoms with Gasteiger partial charge in [0, 0.05) is 0 Å². The van der Waals surface area contributed by atoms with Crippen LogP contribution in [0.1, 0.15) is 0 Å². The molecule has 0 fully saturated rings. The van der Waals surface area contributed by atoms with Crippen molar-refractivity contribution in [1.82, 2.24) is 0 Å². The third kappa shape index (κ3) is 119. The average Bonchev–Trinajstić information content (AvgIpc) is 0.811. The molecule has 6 heteroatoms. The van der Waals surface area contributed by atoms with Crippen molar-refractivity contribution in [2.75, 3.05) is 0 Å². The Morgan fingerprint density at radius 3 is 1.33 bits per heavy atom. The van der Waals surface area contributed by atoms with Gasteiger partial charge in [0.25, 0.3) is 0 Å². The first-order chi connectivity index (χ1) is 1.73. The van der Waals surface area contributed by atoms with Crippen LogP contribution >= 0.6 is 0 Å². The molecule has 0 aromatic heterocycles. The second-order valence-corrected chi connectivity index (χ2v) is 0.848. The van der Waals surface area contributed by atoms with Gasteiger partial charge in [0.2, 0.25) is 0 Å².